The predicted molar refractivity (Wildman–Crippen MR) is 86.8 cm³/mol. The third kappa shape index (κ3) is 4.22. The number of hydrogen-bond donors (Lipinski definition) is 0. The number of rotatable bonds is 5. The maximum absolute atomic E-state index is 13.0. The zero-order valence-electron chi connectivity index (χ0n) is 13.8. The SMILES string of the molecule is COc1cc(Oc2ncccc2C(F)(F)F)ccc1CN1CCCC1. The minimum absolute atomic E-state index is 0.256. The first kappa shape index (κ1) is 17.5. The predicted octanol–water partition coefficient (Wildman–Crippen LogP) is 4.50. The Morgan fingerprint density at radius 3 is 2.60 bits per heavy atom. The minimum atomic E-state index is -4.52. The van der Waals surface area contributed by atoms with Gasteiger partial charge in [-0.2, -0.15) is 13.2 Å². The molecule has 1 aromatic carbocycles. The van der Waals surface area contributed by atoms with E-state index in [9.17, 15) is 13.2 Å². The summed E-state index contributed by atoms with van der Waals surface area (Å²) in [6.07, 6.45) is -0.889. The van der Waals surface area contributed by atoms with E-state index in [2.05, 4.69) is 9.88 Å². The quantitative estimate of drug-likeness (QED) is 0.794. The van der Waals surface area contributed by atoms with Crippen LogP contribution in [0.5, 0.6) is 17.4 Å². The van der Waals surface area contributed by atoms with Crippen LogP contribution in [0.4, 0.5) is 13.2 Å². The highest BCUT2D eigenvalue weighted by Crippen LogP contribution is 2.37. The molecule has 134 valence electrons. The number of nitrogens with zero attached hydrogens (tertiary/aromatic N) is 2. The largest absolute Gasteiger partial charge is 0.496 e. The zero-order chi connectivity index (χ0) is 17.9. The van der Waals surface area contributed by atoms with Crippen molar-refractivity contribution < 1.29 is 22.6 Å². The maximum atomic E-state index is 13.0. The summed E-state index contributed by atoms with van der Waals surface area (Å²) in [5.41, 5.74) is 0.0731. The average Bonchev–Trinajstić information content (AvgIpc) is 3.09. The fourth-order valence-corrected chi connectivity index (χ4v) is 2.90. The van der Waals surface area contributed by atoms with Gasteiger partial charge < -0.3 is 9.47 Å². The molecule has 25 heavy (non-hydrogen) atoms. The molecule has 0 radical (unpaired) electrons. The molecule has 1 aliphatic heterocycles. The Balaban J connectivity index is 1.82. The molecule has 1 aliphatic rings. The molecule has 0 atom stereocenters. The van der Waals surface area contributed by atoms with Crippen molar-refractivity contribution in [3.05, 3.63) is 47.7 Å². The third-order valence-corrected chi connectivity index (χ3v) is 4.14. The maximum Gasteiger partial charge on any atom is 0.421 e. The summed E-state index contributed by atoms with van der Waals surface area (Å²) in [6.45, 7) is 2.84. The van der Waals surface area contributed by atoms with Gasteiger partial charge in [0.2, 0.25) is 5.88 Å². The van der Waals surface area contributed by atoms with Crippen molar-refractivity contribution in [1.29, 1.82) is 0 Å². The van der Waals surface area contributed by atoms with E-state index in [1.54, 1.807) is 12.1 Å². The van der Waals surface area contributed by atoms with E-state index < -0.39 is 17.6 Å². The molecule has 0 saturated carbocycles. The second kappa shape index (κ2) is 7.31. The van der Waals surface area contributed by atoms with E-state index in [1.807, 2.05) is 6.07 Å². The molecular weight excluding hydrogens is 333 g/mol. The van der Waals surface area contributed by atoms with Crippen LogP contribution in [0.2, 0.25) is 0 Å². The van der Waals surface area contributed by atoms with Crippen LogP contribution in [0.1, 0.15) is 24.0 Å². The van der Waals surface area contributed by atoms with E-state index in [4.69, 9.17) is 9.47 Å². The lowest BCUT2D eigenvalue weighted by molar-refractivity contribution is -0.138. The van der Waals surface area contributed by atoms with Gasteiger partial charge in [-0.25, -0.2) is 4.98 Å². The number of benzene rings is 1. The monoisotopic (exact) mass is 352 g/mol. The molecule has 2 heterocycles. The van der Waals surface area contributed by atoms with E-state index in [1.165, 1.54) is 32.2 Å². The summed E-state index contributed by atoms with van der Waals surface area (Å²) < 4.78 is 49.9. The molecule has 0 N–H and O–H groups in total. The van der Waals surface area contributed by atoms with Gasteiger partial charge in [-0.15, -0.1) is 0 Å². The molecule has 1 fully saturated rings. The van der Waals surface area contributed by atoms with Gasteiger partial charge in [0, 0.05) is 24.4 Å². The zero-order valence-corrected chi connectivity index (χ0v) is 13.8. The summed E-state index contributed by atoms with van der Waals surface area (Å²) in [4.78, 5) is 6.03. The van der Waals surface area contributed by atoms with Gasteiger partial charge in [0.25, 0.3) is 0 Å². The number of aromatic nitrogens is 1. The first-order valence-corrected chi connectivity index (χ1v) is 8.06. The lowest BCUT2D eigenvalue weighted by Crippen LogP contribution is -2.18. The van der Waals surface area contributed by atoms with Gasteiger partial charge in [0.1, 0.15) is 17.1 Å². The van der Waals surface area contributed by atoms with E-state index in [0.29, 0.717) is 5.75 Å². The summed E-state index contributed by atoms with van der Waals surface area (Å²) in [7, 11) is 1.54. The van der Waals surface area contributed by atoms with E-state index >= 15 is 0 Å². The number of ether oxygens (including phenoxy) is 2. The summed E-state index contributed by atoms with van der Waals surface area (Å²) in [5.74, 6) is 0.379. The number of halogens is 3. The van der Waals surface area contributed by atoms with Crippen molar-refractivity contribution in [3.63, 3.8) is 0 Å². The summed E-state index contributed by atoms with van der Waals surface area (Å²) in [5, 5.41) is 0. The molecule has 1 saturated heterocycles. The third-order valence-electron chi connectivity index (χ3n) is 4.14. The molecule has 0 aliphatic carbocycles. The first-order chi connectivity index (χ1) is 12.0. The minimum Gasteiger partial charge on any atom is -0.496 e. The van der Waals surface area contributed by atoms with Crippen molar-refractivity contribution >= 4 is 0 Å². The lowest BCUT2D eigenvalue weighted by Gasteiger charge is -2.18. The first-order valence-electron chi connectivity index (χ1n) is 8.06. The smallest absolute Gasteiger partial charge is 0.421 e. The summed E-state index contributed by atoms with van der Waals surface area (Å²) >= 11 is 0. The van der Waals surface area contributed by atoms with Crippen LogP contribution in [0.25, 0.3) is 0 Å². The van der Waals surface area contributed by atoms with Crippen LogP contribution >= 0.6 is 0 Å². The van der Waals surface area contributed by atoms with Gasteiger partial charge in [-0.3, -0.25) is 4.90 Å². The van der Waals surface area contributed by atoms with Crippen molar-refractivity contribution in [2.24, 2.45) is 0 Å². The molecule has 0 bridgehead atoms. The van der Waals surface area contributed by atoms with Crippen molar-refractivity contribution in [2.45, 2.75) is 25.6 Å². The molecule has 2 aromatic rings. The number of alkyl halides is 3. The Kier molecular flexibility index (Phi) is 5.13. The molecule has 3 rings (SSSR count). The van der Waals surface area contributed by atoms with E-state index in [-0.39, 0.29) is 5.75 Å². The Hall–Kier alpha value is -2.28. The molecule has 0 amide bonds. The van der Waals surface area contributed by atoms with Crippen molar-refractivity contribution in [2.75, 3.05) is 20.2 Å². The Morgan fingerprint density at radius 1 is 1.16 bits per heavy atom. The summed E-state index contributed by atoms with van der Waals surface area (Å²) in [6, 6.07) is 7.24. The van der Waals surface area contributed by atoms with Gasteiger partial charge >= 0.3 is 6.18 Å². The van der Waals surface area contributed by atoms with Crippen LogP contribution in [-0.4, -0.2) is 30.1 Å². The fraction of sp³-hybridized carbons (Fsp3) is 0.389. The standard InChI is InChI=1S/C18H19F3N2O2/c1-24-16-11-14(7-6-13(16)12-23-9-2-3-10-23)25-17-15(18(19,20)21)5-4-8-22-17/h4-8,11H,2-3,9-10,12H2,1H3. The van der Waals surface area contributed by atoms with Crippen LogP contribution in [0.3, 0.4) is 0 Å². The van der Waals surface area contributed by atoms with Crippen molar-refractivity contribution in [3.8, 4) is 17.4 Å². The van der Waals surface area contributed by atoms with Crippen LogP contribution in [0, 0.1) is 0 Å². The second-order valence-corrected chi connectivity index (χ2v) is 5.91. The molecule has 4 nitrogen and oxygen atoms in total. The number of methoxy groups -OCH3 is 1. The van der Waals surface area contributed by atoms with Crippen LogP contribution < -0.4 is 9.47 Å². The highest BCUT2D eigenvalue weighted by atomic mass is 19.4. The van der Waals surface area contributed by atoms with Crippen molar-refractivity contribution in [1.82, 2.24) is 9.88 Å². The van der Waals surface area contributed by atoms with Gasteiger partial charge in [-0.1, -0.05) is 6.07 Å². The average molecular weight is 352 g/mol. The Bertz CT molecular complexity index is 729. The Morgan fingerprint density at radius 2 is 1.92 bits per heavy atom. The van der Waals surface area contributed by atoms with E-state index in [0.717, 1.165) is 31.3 Å². The Labute approximate surface area is 144 Å². The van der Waals surface area contributed by atoms with Crippen LogP contribution in [-0.2, 0) is 12.7 Å². The van der Waals surface area contributed by atoms with Crippen LogP contribution in [0.15, 0.2) is 36.5 Å². The number of hydrogen-bond acceptors (Lipinski definition) is 4. The normalized spacial score (nSPS) is 15.4. The van der Waals surface area contributed by atoms with Gasteiger partial charge in [0.15, 0.2) is 0 Å². The molecule has 7 heteroatoms. The number of likely N-dealkylation sites (tertiary alicyclic amines) is 1. The highest BCUT2D eigenvalue weighted by Gasteiger charge is 2.35. The van der Waals surface area contributed by atoms with Gasteiger partial charge in [-0.05, 0) is 44.1 Å². The number of pyridine rings is 1. The molecule has 0 unspecified atom stereocenters. The van der Waals surface area contributed by atoms with Gasteiger partial charge in [0.05, 0.1) is 7.11 Å². The lowest BCUT2D eigenvalue weighted by atomic mass is 10.1. The molecular formula is C18H19F3N2O2. The molecule has 0 spiro atoms. The fourth-order valence-electron chi connectivity index (χ4n) is 2.90. The second-order valence-electron chi connectivity index (χ2n) is 5.91. The molecule has 1 aromatic heterocycles. The highest BCUT2D eigenvalue weighted by molar-refractivity contribution is 5.43. The topological polar surface area (TPSA) is 34.6 Å².